The van der Waals surface area contributed by atoms with Gasteiger partial charge < -0.3 is 40.2 Å². The van der Waals surface area contributed by atoms with Crippen LogP contribution >= 0.6 is 0 Å². The highest BCUT2D eigenvalue weighted by Gasteiger charge is 2.23. The van der Waals surface area contributed by atoms with Crippen molar-refractivity contribution in [2.45, 2.75) is 51.4 Å². The molecule has 0 saturated carbocycles. The Hall–Kier alpha value is -6.04. The molecule has 0 atom stereocenters. The molecule has 4 amide bonds. The van der Waals surface area contributed by atoms with Crippen molar-refractivity contribution in [3.05, 3.63) is 117 Å². The summed E-state index contributed by atoms with van der Waals surface area (Å²) in [5, 5.41) is 11.7. The maximum Gasteiger partial charge on any atom is 0.257 e. The molecular formula is C44H48N4O8. The molecule has 7 rings (SSSR count). The fourth-order valence-corrected chi connectivity index (χ4v) is 7.39. The van der Waals surface area contributed by atoms with E-state index in [4.69, 9.17) is 18.9 Å². The van der Waals surface area contributed by atoms with Crippen LogP contribution in [0.2, 0.25) is 0 Å². The normalized spacial score (nSPS) is 17.4. The summed E-state index contributed by atoms with van der Waals surface area (Å²) in [4.78, 5) is 52.2. The van der Waals surface area contributed by atoms with Crippen LogP contribution in [0.15, 0.2) is 72.8 Å². The highest BCUT2D eigenvalue weighted by atomic mass is 16.5. The molecule has 1 aliphatic carbocycles. The highest BCUT2D eigenvalue weighted by Crippen LogP contribution is 2.39. The minimum atomic E-state index is -0.240. The number of carbonyl (C=O) groups is 4. The average molecular weight is 761 g/mol. The van der Waals surface area contributed by atoms with Gasteiger partial charge in [-0.25, -0.2) is 0 Å². The summed E-state index contributed by atoms with van der Waals surface area (Å²) in [6, 6.07) is 23.7. The van der Waals surface area contributed by atoms with Crippen molar-refractivity contribution >= 4 is 23.6 Å². The fraction of sp³-hybridized carbons (Fsp3) is 0.364. The van der Waals surface area contributed by atoms with E-state index in [9.17, 15) is 19.2 Å². The van der Waals surface area contributed by atoms with Crippen LogP contribution in [0, 0.1) is 0 Å². The van der Waals surface area contributed by atoms with Gasteiger partial charge in [-0.15, -0.1) is 0 Å². The summed E-state index contributed by atoms with van der Waals surface area (Å²) in [5.74, 6) is 1.35. The molecule has 4 N–H and O–H groups in total. The molecule has 2 heterocycles. The third-order valence-electron chi connectivity index (χ3n) is 10.1. The van der Waals surface area contributed by atoms with Gasteiger partial charge in [-0.3, -0.25) is 19.2 Å². The first-order chi connectivity index (χ1) is 27.4. The van der Waals surface area contributed by atoms with Crippen LogP contribution in [-0.4, -0.2) is 76.2 Å². The molecule has 0 aromatic heterocycles. The lowest BCUT2D eigenvalue weighted by molar-refractivity contribution is -0.124. The molecule has 0 radical (unpaired) electrons. The van der Waals surface area contributed by atoms with E-state index >= 15 is 0 Å². The molecule has 0 unspecified atom stereocenters. The summed E-state index contributed by atoms with van der Waals surface area (Å²) in [5.41, 5.74) is 6.66. The van der Waals surface area contributed by atoms with Crippen LogP contribution in [0.3, 0.4) is 0 Å². The lowest BCUT2D eigenvalue weighted by Gasteiger charge is -2.22. The molecule has 3 aliphatic rings. The molecule has 56 heavy (non-hydrogen) atoms. The van der Waals surface area contributed by atoms with Crippen molar-refractivity contribution in [3.63, 3.8) is 0 Å². The zero-order valence-corrected chi connectivity index (χ0v) is 31.5. The van der Waals surface area contributed by atoms with E-state index < -0.39 is 0 Å². The molecule has 0 spiro atoms. The maximum absolute atomic E-state index is 13.0. The Balaban J connectivity index is 1.41. The number of rotatable bonds is 0. The predicted molar refractivity (Wildman–Crippen MR) is 209 cm³/mol. The largest absolute Gasteiger partial charge is 0.483 e. The number of amides is 4. The first-order valence-corrected chi connectivity index (χ1v) is 19.4. The van der Waals surface area contributed by atoms with Crippen molar-refractivity contribution in [2.75, 3.05) is 52.6 Å². The van der Waals surface area contributed by atoms with Gasteiger partial charge in [0.05, 0.1) is 0 Å². The summed E-state index contributed by atoms with van der Waals surface area (Å²) in [6.45, 7) is 1.11. The third-order valence-corrected chi connectivity index (χ3v) is 10.1. The SMILES string of the molecule is O=C1COc2c3cccc2Cc2cccc4c2OCC(=O)NCCCCNC(=O)COc2c(cccc2Cc2cccc(c2OCC(=O)NCCCCN1)C3)C4. The van der Waals surface area contributed by atoms with E-state index in [0.29, 0.717) is 101 Å². The molecule has 292 valence electrons. The van der Waals surface area contributed by atoms with Gasteiger partial charge in [0, 0.05) is 51.9 Å². The molecule has 12 nitrogen and oxygen atoms in total. The molecule has 12 bridgehead atoms. The lowest BCUT2D eigenvalue weighted by atomic mass is 9.91. The zero-order valence-electron chi connectivity index (χ0n) is 31.5. The van der Waals surface area contributed by atoms with E-state index in [1.807, 2.05) is 72.8 Å². The van der Waals surface area contributed by atoms with E-state index in [1.54, 1.807) is 0 Å². The van der Waals surface area contributed by atoms with Crippen LogP contribution in [0.1, 0.15) is 70.2 Å². The second kappa shape index (κ2) is 18.5. The van der Waals surface area contributed by atoms with Gasteiger partial charge in [0.15, 0.2) is 26.4 Å². The summed E-state index contributed by atoms with van der Waals surface area (Å²) >= 11 is 0. The monoisotopic (exact) mass is 760 g/mol. The first-order valence-electron chi connectivity index (χ1n) is 19.4. The summed E-state index contributed by atoms with van der Waals surface area (Å²) < 4.78 is 25.7. The maximum atomic E-state index is 13.0. The summed E-state index contributed by atoms with van der Waals surface area (Å²) in [7, 11) is 0. The zero-order chi connectivity index (χ0) is 38.7. The Morgan fingerprint density at radius 1 is 0.321 bits per heavy atom. The number of para-hydroxylation sites is 4. The van der Waals surface area contributed by atoms with Crippen LogP contribution in [0.4, 0.5) is 0 Å². The van der Waals surface area contributed by atoms with E-state index in [2.05, 4.69) is 21.3 Å². The Morgan fingerprint density at radius 2 is 0.518 bits per heavy atom. The quantitative estimate of drug-likeness (QED) is 0.185. The predicted octanol–water partition coefficient (Wildman–Crippen LogP) is 3.93. The third kappa shape index (κ3) is 9.79. The number of carbonyl (C=O) groups excluding carboxylic acids is 4. The number of ether oxygens (including phenoxy) is 4. The topological polar surface area (TPSA) is 153 Å². The van der Waals surface area contributed by atoms with Gasteiger partial charge >= 0.3 is 0 Å². The Morgan fingerprint density at radius 3 is 0.714 bits per heavy atom. The smallest absolute Gasteiger partial charge is 0.257 e. The van der Waals surface area contributed by atoms with Gasteiger partial charge in [0.1, 0.15) is 23.0 Å². The molecule has 0 fully saturated rings. The van der Waals surface area contributed by atoms with Crippen molar-refractivity contribution in [1.29, 1.82) is 0 Å². The second-order valence-corrected chi connectivity index (χ2v) is 14.3. The van der Waals surface area contributed by atoms with Gasteiger partial charge in [-0.2, -0.15) is 0 Å². The van der Waals surface area contributed by atoms with Crippen molar-refractivity contribution in [1.82, 2.24) is 21.3 Å². The van der Waals surface area contributed by atoms with Crippen LogP contribution in [-0.2, 0) is 44.9 Å². The molecule has 12 heteroatoms. The highest BCUT2D eigenvalue weighted by molar-refractivity contribution is 5.79. The van der Waals surface area contributed by atoms with Gasteiger partial charge in [0.25, 0.3) is 23.6 Å². The van der Waals surface area contributed by atoms with Crippen molar-refractivity contribution < 1.29 is 38.1 Å². The Kier molecular flexibility index (Phi) is 12.7. The van der Waals surface area contributed by atoms with Crippen LogP contribution in [0.25, 0.3) is 0 Å². The Bertz CT molecular complexity index is 1790. The van der Waals surface area contributed by atoms with E-state index in [0.717, 1.165) is 44.5 Å². The standard InChI is InChI=1S/C44H48N4O8/c49-37-25-53-41-29-9-5-13-33(41)23-35-15-7-11-31-22-32-12-8-16-36(44(32)56-28-40(52)48-20-4-3-19-47-39(51)27-55-43(31)35)24-34-14-6-10-30(21-29)42(34)54-26-38(50)46-18-2-1-17-45-37/h5-16H,1-4,17-28H2,(H,45,49)(H,46,50)(H,47,51)(H,48,52). The number of hydrogen-bond acceptors (Lipinski definition) is 8. The molecular weight excluding hydrogens is 713 g/mol. The lowest BCUT2D eigenvalue weighted by Crippen LogP contribution is -2.32. The van der Waals surface area contributed by atoms with Gasteiger partial charge in [-0.1, -0.05) is 72.8 Å². The van der Waals surface area contributed by atoms with Crippen LogP contribution in [0.5, 0.6) is 23.0 Å². The number of hydrogen-bond donors (Lipinski definition) is 4. The van der Waals surface area contributed by atoms with Crippen molar-refractivity contribution in [2.24, 2.45) is 0 Å². The minimum absolute atomic E-state index is 0.177. The van der Waals surface area contributed by atoms with E-state index in [1.165, 1.54) is 0 Å². The second-order valence-electron chi connectivity index (χ2n) is 14.3. The molecule has 4 aromatic carbocycles. The minimum Gasteiger partial charge on any atom is -0.483 e. The summed E-state index contributed by atoms with van der Waals surface area (Å²) in [6.07, 6.45) is 4.25. The molecule has 4 aromatic rings. The fourth-order valence-electron chi connectivity index (χ4n) is 7.39. The Labute approximate surface area is 326 Å². The molecule has 2 aliphatic heterocycles. The van der Waals surface area contributed by atoms with Gasteiger partial charge in [0.2, 0.25) is 0 Å². The number of benzene rings is 4. The van der Waals surface area contributed by atoms with Gasteiger partial charge in [-0.05, 0) is 70.2 Å². The van der Waals surface area contributed by atoms with E-state index in [-0.39, 0.29) is 50.1 Å². The van der Waals surface area contributed by atoms with Crippen LogP contribution < -0.4 is 40.2 Å². The molecule has 0 saturated heterocycles. The van der Waals surface area contributed by atoms with Crippen molar-refractivity contribution in [3.8, 4) is 23.0 Å². The average Bonchev–Trinajstić information content (AvgIpc) is 3.19. The first kappa shape index (κ1) is 38.2. The number of nitrogens with one attached hydrogen (secondary N) is 4.